The van der Waals surface area contributed by atoms with Crippen molar-refractivity contribution in [3.63, 3.8) is 0 Å². The van der Waals surface area contributed by atoms with E-state index >= 15 is 0 Å². The van der Waals surface area contributed by atoms with Crippen LogP contribution in [0, 0.1) is 11.6 Å². The normalized spacial score (nSPS) is 13.9. The van der Waals surface area contributed by atoms with Crippen LogP contribution in [-0.2, 0) is 4.74 Å². The van der Waals surface area contributed by atoms with Gasteiger partial charge in [0.15, 0.2) is 5.88 Å². The topological polar surface area (TPSA) is 103 Å². The molecule has 3 N–H and O–H groups in total. The first-order chi connectivity index (χ1) is 16.0. The molecule has 3 aromatic heterocycles. The minimum absolute atomic E-state index is 0.0617. The molecular weight excluding hydrogens is 432 g/mol. The van der Waals surface area contributed by atoms with Crippen LogP contribution in [0.1, 0.15) is 10.5 Å². The number of halogens is 2. The molecule has 8 nitrogen and oxygen atoms in total. The van der Waals surface area contributed by atoms with Crippen LogP contribution in [0.25, 0.3) is 22.2 Å². The lowest BCUT2D eigenvalue weighted by molar-refractivity contribution is 0.0299. The van der Waals surface area contributed by atoms with Crippen LogP contribution in [0.4, 0.5) is 20.2 Å². The highest BCUT2D eigenvalue weighted by Crippen LogP contribution is 2.36. The Kier molecular flexibility index (Phi) is 5.35. The third-order valence-corrected chi connectivity index (χ3v) is 5.41. The number of H-pyrrole nitrogens is 1. The van der Waals surface area contributed by atoms with Crippen molar-refractivity contribution in [1.82, 2.24) is 19.9 Å². The van der Waals surface area contributed by atoms with Gasteiger partial charge >= 0.3 is 0 Å². The van der Waals surface area contributed by atoms with Crippen LogP contribution in [-0.4, -0.2) is 57.2 Å². The summed E-state index contributed by atoms with van der Waals surface area (Å²) in [6.45, 7) is 2.01. The quantitative estimate of drug-likeness (QED) is 0.436. The predicted octanol–water partition coefficient (Wildman–Crippen LogP) is 3.82. The second-order valence-electron chi connectivity index (χ2n) is 7.51. The summed E-state index contributed by atoms with van der Waals surface area (Å²) < 4.78 is 34.0. The largest absolute Gasteiger partial charge is 0.494 e. The van der Waals surface area contributed by atoms with E-state index in [0.29, 0.717) is 54.3 Å². The van der Waals surface area contributed by atoms with Crippen LogP contribution in [0.2, 0.25) is 0 Å². The van der Waals surface area contributed by atoms with Crippen molar-refractivity contribution >= 4 is 28.2 Å². The number of aromatic nitrogens is 3. The molecule has 10 heteroatoms. The number of aromatic amines is 1. The molecule has 1 saturated heterocycles. The van der Waals surface area contributed by atoms with Gasteiger partial charge in [0.2, 0.25) is 0 Å². The summed E-state index contributed by atoms with van der Waals surface area (Å²) in [6, 6.07) is 8.29. The third kappa shape index (κ3) is 3.96. The Morgan fingerprint density at radius 3 is 2.61 bits per heavy atom. The van der Waals surface area contributed by atoms with Crippen LogP contribution in [0.5, 0.6) is 5.88 Å². The molecule has 0 bridgehead atoms. The van der Waals surface area contributed by atoms with E-state index in [1.807, 2.05) is 0 Å². The molecular formula is C23H19F2N5O3. The van der Waals surface area contributed by atoms with Crippen molar-refractivity contribution in [3.05, 3.63) is 66.1 Å². The Balaban J connectivity index is 1.48. The number of ether oxygens (including phenoxy) is 1. The number of anilines is 2. The molecule has 0 atom stereocenters. The summed E-state index contributed by atoms with van der Waals surface area (Å²) >= 11 is 0. The molecule has 1 aromatic carbocycles. The fraction of sp³-hybridized carbons (Fsp3) is 0.174. The molecule has 0 aliphatic carbocycles. The van der Waals surface area contributed by atoms with Crippen molar-refractivity contribution in [2.24, 2.45) is 0 Å². The number of morpholine rings is 1. The monoisotopic (exact) mass is 451 g/mol. The number of hydrogen-bond donors (Lipinski definition) is 3. The summed E-state index contributed by atoms with van der Waals surface area (Å²) in [6.07, 6.45) is 2.92. The summed E-state index contributed by atoms with van der Waals surface area (Å²) in [5.41, 5.74) is 1.29. The standard InChI is InChI=1S/C23H19F2N5O3/c24-14-2-1-3-15(25)20(14)17-10-18(21-19(29-17)12-27-22(21)31)28-13-4-5-16(26-11-13)23(32)30-6-8-33-9-7-30/h1-5,10-12,27-28,31H,6-9H2. The maximum Gasteiger partial charge on any atom is 0.272 e. The number of nitrogens with zero attached hydrogens (tertiary/aromatic N) is 3. The Morgan fingerprint density at radius 2 is 1.91 bits per heavy atom. The first-order valence-corrected chi connectivity index (χ1v) is 10.3. The van der Waals surface area contributed by atoms with E-state index in [0.717, 1.165) is 12.1 Å². The molecule has 4 heterocycles. The van der Waals surface area contributed by atoms with Gasteiger partial charge < -0.3 is 25.0 Å². The second kappa shape index (κ2) is 8.47. The number of carbonyl (C=O) groups excluding carboxylic acids is 1. The average molecular weight is 451 g/mol. The van der Waals surface area contributed by atoms with E-state index in [1.165, 1.54) is 24.5 Å². The molecule has 168 valence electrons. The maximum atomic E-state index is 14.4. The van der Waals surface area contributed by atoms with Crippen molar-refractivity contribution in [2.75, 3.05) is 31.6 Å². The van der Waals surface area contributed by atoms with Crippen LogP contribution < -0.4 is 5.32 Å². The highest BCUT2D eigenvalue weighted by Gasteiger charge is 2.20. The van der Waals surface area contributed by atoms with E-state index in [-0.39, 0.29) is 23.0 Å². The van der Waals surface area contributed by atoms with Gasteiger partial charge in [-0.3, -0.25) is 4.79 Å². The van der Waals surface area contributed by atoms with Crippen molar-refractivity contribution in [2.45, 2.75) is 0 Å². The first-order valence-electron chi connectivity index (χ1n) is 10.3. The van der Waals surface area contributed by atoms with Crippen LogP contribution in [0.3, 0.4) is 0 Å². The van der Waals surface area contributed by atoms with Gasteiger partial charge in [-0.05, 0) is 30.3 Å². The minimum atomic E-state index is -0.750. The van der Waals surface area contributed by atoms with Gasteiger partial charge in [-0.2, -0.15) is 0 Å². The van der Waals surface area contributed by atoms with E-state index < -0.39 is 11.6 Å². The zero-order chi connectivity index (χ0) is 22.9. The third-order valence-electron chi connectivity index (χ3n) is 5.41. The fourth-order valence-electron chi connectivity index (χ4n) is 3.77. The molecule has 4 aromatic rings. The highest BCUT2D eigenvalue weighted by atomic mass is 19.1. The highest BCUT2D eigenvalue weighted by molar-refractivity contribution is 5.99. The smallest absolute Gasteiger partial charge is 0.272 e. The molecule has 1 aliphatic rings. The van der Waals surface area contributed by atoms with E-state index in [1.54, 1.807) is 17.0 Å². The fourth-order valence-corrected chi connectivity index (χ4v) is 3.77. The summed E-state index contributed by atoms with van der Waals surface area (Å²) in [4.78, 5) is 25.5. The van der Waals surface area contributed by atoms with E-state index in [9.17, 15) is 18.7 Å². The van der Waals surface area contributed by atoms with Crippen molar-refractivity contribution in [3.8, 4) is 17.1 Å². The van der Waals surface area contributed by atoms with Gasteiger partial charge in [-0.15, -0.1) is 0 Å². The molecule has 1 aliphatic heterocycles. The molecule has 0 saturated carbocycles. The number of hydrogen-bond acceptors (Lipinski definition) is 6. The Hall–Kier alpha value is -4.05. The molecule has 0 unspecified atom stereocenters. The van der Waals surface area contributed by atoms with Crippen molar-refractivity contribution < 1.29 is 23.4 Å². The molecule has 5 rings (SSSR count). The zero-order valence-electron chi connectivity index (χ0n) is 17.3. The Morgan fingerprint density at radius 1 is 1.15 bits per heavy atom. The number of carbonyl (C=O) groups is 1. The van der Waals surface area contributed by atoms with Gasteiger partial charge in [-0.1, -0.05) is 6.07 Å². The number of fused-ring (bicyclic) bond motifs is 1. The maximum absolute atomic E-state index is 14.4. The van der Waals surface area contributed by atoms with Gasteiger partial charge in [0.25, 0.3) is 5.91 Å². The second-order valence-corrected chi connectivity index (χ2v) is 7.51. The average Bonchev–Trinajstić information content (AvgIpc) is 3.20. The summed E-state index contributed by atoms with van der Waals surface area (Å²) in [7, 11) is 0. The lowest BCUT2D eigenvalue weighted by Crippen LogP contribution is -2.41. The van der Waals surface area contributed by atoms with E-state index in [2.05, 4.69) is 20.3 Å². The van der Waals surface area contributed by atoms with Crippen LogP contribution in [0.15, 0.2) is 48.8 Å². The predicted molar refractivity (Wildman–Crippen MR) is 117 cm³/mol. The van der Waals surface area contributed by atoms with Crippen molar-refractivity contribution in [1.29, 1.82) is 0 Å². The van der Waals surface area contributed by atoms with Gasteiger partial charge in [0, 0.05) is 19.3 Å². The molecule has 1 fully saturated rings. The lowest BCUT2D eigenvalue weighted by atomic mass is 10.1. The minimum Gasteiger partial charge on any atom is -0.494 e. The number of rotatable bonds is 4. The van der Waals surface area contributed by atoms with Crippen LogP contribution >= 0.6 is 0 Å². The van der Waals surface area contributed by atoms with Gasteiger partial charge in [0.1, 0.15) is 17.3 Å². The molecule has 33 heavy (non-hydrogen) atoms. The summed E-state index contributed by atoms with van der Waals surface area (Å²) in [5, 5.41) is 13.7. The zero-order valence-corrected chi connectivity index (χ0v) is 17.3. The lowest BCUT2D eigenvalue weighted by Gasteiger charge is -2.26. The van der Waals surface area contributed by atoms with Gasteiger partial charge in [0.05, 0.1) is 52.9 Å². The number of pyridine rings is 2. The molecule has 0 spiro atoms. The number of benzene rings is 1. The summed E-state index contributed by atoms with van der Waals surface area (Å²) in [5.74, 6) is -1.83. The first kappa shape index (κ1) is 20.8. The molecule has 1 amide bonds. The van der Waals surface area contributed by atoms with Gasteiger partial charge in [-0.25, -0.2) is 18.7 Å². The number of nitrogens with one attached hydrogen (secondary N) is 2. The Bertz CT molecular complexity index is 1310. The SMILES string of the molecule is O=C(c1ccc(Nc2cc(-c3c(F)cccc3F)nc3c[nH]c(O)c23)cn1)N1CCOCC1. The Labute approximate surface area is 186 Å². The van der Waals surface area contributed by atoms with E-state index in [4.69, 9.17) is 4.74 Å². The molecule has 0 radical (unpaired) electrons. The number of amides is 1. The number of aromatic hydroxyl groups is 1.